The lowest BCUT2D eigenvalue weighted by Crippen LogP contribution is -2.29. The number of hydrogen-bond donors (Lipinski definition) is 1. The first-order valence-electron chi connectivity index (χ1n) is 11.1. The van der Waals surface area contributed by atoms with Crippen molar-refractivity contribution < 1.29 is 24.2 Å². The molecular weight excluding hydrogens is 430 g/mol. The molecule has 0 saturated carbocycles. The second kappa shape index (κ2) is 9.43. The number of carbonyl (C=O) groups is 2. The molecule has 3 aromatic rings. The number of ether oxygens (including phenoxy) is 2. The van der Waals surface area contributed by atoms with Crippen LogP contribution in [0.15, 0.2) is 72.3 Å². The van der Waals surface area contributed by atoms with Crippen molar-refractivity contribution in [3.05, 3.63) is 94.6 Å². The largest absolute Gasteiger partial charge is 0.507 e. The van der Waals surface area contributed by atoms with Gasteiger partial charge in [0.15, 0.2) is 0 Å². The van der Waals surface area contributed by atoms with E-state index in [2.05, 4.69) is 0 Å². The van der Waals surface area contributed by atoms with Gasteiger partial charge in [0, 0.05) is 16.8 Å². The fourth-order valence-corrected chi connectivity index (χ4v) is 4.22. The number of aliphatic hydroxyl groups excluding tert-OH is 1. The molecule has 0 bridgehead atoms. The van der Waals surface area contributed by atoms with E-state index in [-0.39, 0.29) is 11.3 Å². The maximum Gasteiger partial charge on any atom is 0.300 e. The van der Waals surface area contributed by atoms with Gasteiger partial charge < -0.3 is 14.6 Å². The third kappa shape index (κ3) is 4.03. The maximum absolute atomic E-state index is 13.4. The van der Waals surface area contributed by atoms with Gasteiger partial charge in [0.2, 0.25) is 0 Å². The molecule has 3 aromatic carbocycles. The summed E-state index contributed by atoms with van der Waals surface area (Å²) in [7, 11) is 1.53. The molecule has 1 N–H and O–H groups in total. The number of ketones is 1. The van der Waals surface area contributed by atoms with Crippen LogP contribution in [0.3, 0.4) is 0 Å². The molecule has 174 valence electrons. The molecule has 34 heavy (non-hydrogen) atoms. The summed E-state index contributed by atoms with van der Waals surface area (Å²) in [5.74, 6) is -0.654. The Morgan fingerprint density at radius 2 is 1.74 bits per heavy atom. The van der Waals surface area contributed by atoms with Crippen LogP contribution < -0.4 is 14.4 Å². The smallest absolute Gasteiger partial charge is 0.300 e. The molecule has 1 unspecified atom stereocenters. The van der Waals surface area contributed by atoms with Gasteiger partial charge in [0.25, 0.3) is 11.7 Å². The molecule has 0 radical (unpaired) electrons. The number of aryl methyl sites for hydroxylation is 2. The quantitative estimate of drug-likeness (QED) is 0.307. The van der Waals surface area contributed by atoms with Gasteiger partial charge in [-0.05, 0) is 62.2 Å². The molecule has 1 amide bonds. The minimum atomic E-state index is -0.867. The van der Waals surface area contributed by atoms with E-state index in [1.54, 1.807) is 36.4 Å². The summed E-state index contributed by atoms with van der Waals surface area (Å²) < 4.78 is 11.1. The number of aliphatic hydroxyl groups is 1. The van der Waals surface area contributed by atoms with Crippen LogP contribution in [0, 0.1) is 13.8 Å². The maximum atomic E-state index is 13.4. The van der Waals surface area contributed by atoms with Crippen molar-refractivity contribution in [2.24, 2.45) is 0 Å². The van der Waals surface area contributed by atoms with Crippen molar-refractivity contribution in [2.45, 2.75) is 26.8 Å². The standard InChI is InChI=1S/C28H27NO5/c1-5-34-21-10-8-9-19(16-21)26(30)24-25(22-11-6-7-12-23(22)33-4)29(28(32)27(24)31)20-14-13-17(2)18(3)15-20/h6-16,25,30H,5H2,1-4H3/b26-24+. The number of benzene rings is 3. The Kier molecular flexibility index (Phi) is 6.41. The Bertz CT molecular complexity index is 1290. The molecule has 1 aliphatic heterocycles. The van der Waals surface area contributed by atoms with E-state index in [1.165, 1.54) is 12.0 Å². The summed E-state index contributed by atoms with van der Waals surface area (Å²) in [4.78, 5) is 28.2. The van der Waals surface area contributed by atoms with Crippen LogP contribution in [0.4, 0.5) is 5.69 Å². The van der Waals surface area contributed by atoms with Crippen LogP contribution >= 0.6 is 0 Å². The number of nitrogens with zero attached hydrogens (tertiary/aromatic N) is 1. The molecule has 1 aliphatic rings. The van der Waals surface area contributed by atoms with E-state index >= 15 is 0 Å². The lowest BCUT2D eigenvalue weighted by atomic mass is 9.94. The number of Topliss-reactive ketones (excluding diaryl/α,β-unsaturated/α-hetero) is 1. The molecule has 1 atom stereocenters. The summed E-state index contributed by atoms with van der Waals surface area (Å²) >= 11 is 0. The number of para-hydroxylation sites is 1. The Morgan fingerprint density at radius 1 is 0.971 bits per heavy atom. The molecule has 0 spiro atoms. The van der Waals surface area contributed by atoms with Crippen LogP contribution in [-0.4, -0.2) is 30.5 Å². The first-order chi connectivity index (χ1) is 16.4. The number of methoxy groups -OCH3 is 1. The molecule has 0 aliphatic carbocycles. The van der Waals surface area contributed by atoms with Gasteiger partial charge in [0.05, 0.1) is 25.3 Å². The van der Waals surface area contributed by atoms with Crippen molar-refractivity contribution in [3.8, 4) is 11.5 Å². The van der Waals surface area contributed by atoms with Crippen molar-refractivity contribution in [2.75, 3.05) is 18.6 Å². The SMILES string of the molecule is CCOc1cccc(/C(O)=C2\C(=O)C(=O)N(c3ccc(C)c(C)c3)C2c2ccccc2OC)c1. The first-order valence-corrected chi connectivity index (χ1v) is 11.1. The van der Waals surface area contributed by atoms with Crippen molar-refractivity contribution in [1.29, 1.82) is 0 Å². The highest BCUT2D eigenvalue weighted by molar-refractivity contribution is 6.51. The minimum Gasteiger partial charge on any atom is -0.507 e. The van der Waals surface area contributed by atoms with E-state index in [0.29, 0.717) is 34.9 Å². The number of anilines is 1. The van der Waals surface area contributed by atoms with Gasteiger partial charge in [-0.2, -0.15) is 0 Å². The number of carbonyl (C=O) groups excluding carboxylic acids is 2. The van der Waals surface area contributed by atoms with Gasteiger partial charge in [-0.25, -0.2) is 0 Å². The fraction of sp³-hybridized carbons (Fsp3) is 0.214. The Hall–Kier alpha value is -4.06. The van der Waals surface area contributed by atoms with Crippen molar-refractivity contribution >= 4 is 23.1 Å². The molecule has 1 saturated heterocycles. The lowest BCUT2D eigenvalue weighted by Gasteiger charge is -2.27. The molecule has 6 nitrogen and oxygen atoms in total. The highest BCUT2D eigenvalue weighted by atomic mass is 16.5. The summed E-state index contributed by atoms with van der Waals surface area (Å²) in [5, 5.41) is 11.3. The second-order valence-electron chi connectivity index (χ2n) is 8.14. The zero-order chi connectivity index (χ0) is 24.4. The average Bonchev–Trinajstić information content (AvgIpc) is 3.11. The van der Waals surface area contributed by atoms with E-state index < -0.39 is 17.7 Å². The van der Waals surface area contributed by atoms with Crippen LogP contribution in [0.5, 0.6) is 11.5 Å². The van der Waals surface area contributed by atoms with Gasteiger partial charge >= 0.3 is 0 Å². The summed E-state index contributed by atoms with van der Waals surface area (Å²) in [6.07, 6.45) is 0. The van der Waals surface area contributed by atoms with Gasteiger partial charge in [0.1, 0.15) is 17.3 Å². The fourth-order valence-electron chi connectivity index (χ4n) is 4.22. The predicted octanol–water partition coefficient (Wildman–Crippen LogP) is 5.34. The third-order valence-electron chi connectivity index (χ3n) is 6.07. The summed E-state index contributed by atoms with van der Waals surface area (Å²) in [5.41, 5.74) is 3.63. The molecule has 1 fully saturated rings. The third-order valence-corrected chi connectivity index (χ3v) is 6.07. The van der Waals surface area contributed by atoms with E-state index in [4.69, 9.17) is 9.47 Å². The number of amides is 1. The van der Waals surface area contributed by atoms with Gasteiger partial charge in [-0.3, -0.25) is 14.5 Å². The molecular formula is C28H27NO5. The van der Waals surface area contributed by atoms with E-state index in [9.17, 15) is 14.7 Å². The Labute approximate surface area is 199 Å². The first kappa shape index (κ1) is 23.1. The summed E-state index contributed by atoms with van der Waals surface area (Å²) in [6, 6.07) is 18.8. The van der Waals surface area contributed by atoms with Crippen LogP contribution in [0.25, 0.3) is 5.76 Å². The van der Waals surface area contributed by atoms with E-state index in [0.717, 1.165) is 11.1 Å². The minimum absolute atomic E-state index is 0.00127. The number of hydrogen-bond acceptors (Lipinski definition) is 5. The number of rotatable bonds is 6. The van der Waals surface area contributed by atoms with Crippen molar-refractivity contribution in [3.63, 3.8) is 0 Å². The normalized spacial score (nSPS) is 17.2. The van der Waals surface area contributed by atoms with E-state index in [1.807, 2.05) is 51.1 Å². The Balaban J connectivity index is 1.97. The lowest BCUT2D eigenvalue weighted by molar-refractivity contribution is -0.132. The van der Waals surface area contributed by atoms with Crippen LogP contribution in [0.1, 0.15) is 35.2 Å². The highest BCUT2D eigenvalue weighted by Gasteiger charge is 2.48. The molecule has 1 heterocycles. The Morgan fingerprint density at radius 3 is 2.44 bits per heavy atom. The molecule has 0 aromatic heterocycles. The highest BCUT2D eigenvalue weighted by Crippen LogP contribution is 2.45. The topological polar surface area (TPSA) is 76.1 Å². The van der Waals surface area contributed by atoms with Crippen LogP contribution in [0.2, 0.25) is 0 Å². The average molecular weight is 458 g/mol. The predicted molar refractivity (Wildman–Crippen MR) is 131 cm³/mol. The summed E-state index contributed by atoms with van der Waals surface area (Å²) in [6.45, 7) is 6.26. The van der Waals surface area contributed by atoms with Gasteiger partial charge in [-0.1, -0.05) is 36.4 Å². The van der Waals surface area contributed by atoms with Crippen molar-refractivity contribution in [1.82, 2.24) is 0 Å². The zero-order valence-corrected chi connectivity index (χ0v) is 19.7. The monoisotopic (exact) mass is 457 g/mol. The molecule has 4 rings (SSSR count). The van der Waals surface area contributed by atoms with Gasteiger partial charge in [-0.15, -0.1) is 0 Å². The zero-order valence-electron chi connectivity index (χ0n) is 19.7. The van der Waals surface area contributed by atoms with Crippen LogP contribution in [-0.2, 0) is 9.59 Å². The molecule has 6 heteroatoms. The second-order valence-corrected chi connectivity index (χ2v) is 8.14.